The number of pyridine rings is 2. The first-order valence-corrected chi connectivity index (χ1v) is 12.6. The summed E-state index contributed by atoms with van der Waals surface area (Å²) in [6, 6.07) is 35.5. The summed E-state index contributed by atoms with van der Waals surface area (Å²) >= 11 is 0. The van der Waals surface area contributed by atoms with E-state index in [0.29, 0.717) is 0 Å². The molecule has 0 saturated heterocycles. The zero-order chi connectivity index (χ0) is 25.4. The van der Waals surface area contributed by atoms with E-state index in [4.69, 9.17) is 9.72 Å². The summed E-state index contributed by atoms with van der Waals surface area (Å²) in [5.41, 5.74) is 5.08. The third-order valence-electron chi connectivity index (χ3n) is 6.73. The second-order valence-corrected chi connectivity index (χ2v) is 10.4. The lowest BCUT2D eigenvalue weighted by molar-refractivity contribution is 0.484. The van der Waals surface area contributed by atoms with Crippen LogP contribution in [0.25, 0.3) is 44.1 Å². The van der Waals surface area contributed by atoms with E-state index in [1.165, 1.54) is 10.9 Å². The number of benzene rings is 4. The molecule has 0 atom stereocenters. The molecular formula is C34H28N2O. The number of fused-ring (bicyclic) bond motifs is 2. The van der Waals surface area contributed by atoms with Gasteiger partial charge in [0, 0.05) is 34.3 Å². The summed E-state index contributed by atoms with van der Waals surface area (Å²) in [6.07, 6.45) is 3.70. The molecule has 0 bridgehead atoms. The van der Waals surface area contributed by atoms with Gasteiger partial charge in [-0.1, -0.05) is 75.4 Å². The lowest BCUT2D eigenvalue weighted by Gasteiger charge is -2.22. The van der Waals surface area contributed by atoms with Crippen LogP contribution in [0.5, 0.6) is 11.5 Å². The lowest BCUT2D eigenvalue weighted by Crippen LogP contribution is -2.11. The Morgan fingerprint density at radius 2 is 1.35 bits per heavy atom. The summed E-state index contributed by atoms with van der Waals surface area (Å²) in [7, 11) is 0. The molecule has 2 aromatic heterocycles. The average Bonchev–Trinajstić information content (AvgIpc) is 2.92. The Labute approximate surface area is 217 Å². The Morgan fingerprint density at radius 3 is 2.14 bits per heavy atom. The second kappa shape index (κ2) is 9.18. The first-order valence-electron chi connectivity index (χ1n) is 12.6. The van der Waals surface area contributed by atoms with Gasteiger partial charge >= 0.3 is 0 Å². The van der Waals surface area contributed by atoms with E-state index < -0.39 is 0 Å². The minimum Gasteiger partial charge on any atom is -0.457 e. The minimum absolute atomic E-state index is 0.0589. The number of ether oxygens (including phenoxy) is 1. The quantitative estimate of drug-likeness (QED) is 0.252. The van der Waals surface area contributed by atoms with Gasteiger partial charge in [-0.2, -0.15) is 0 Å². The van der Waals surface area contributed by atoms with Gasteiger partial charge in [-0.15, -0.1) is 0 Å². The van der Waals surface area contributed by atoms with Crippen LogP contribution in [0.15, 0.2) is 116 Å². The standard InChI is InChI=1S/C34H28N2O/c1-34(2,3)27-19-26(33-30-13-7-4-10-23(30)15-17-36-33)20-28(22-27)37-32-21-25(31-14-8-9-16-35-31)18-24-11-5-6-12-29(24)32/h4-22H,1-3H3. The van der Waals surface area contributed by atoms with Crippen molar-refractivity contribution >= 4 is 21.5 Å². The van der Waals surface area contributed by atoms with Crippen LogP contribution < -0.4 is 4.74 Å². The van der Waals surface area contributed by atoms with Gasteiger partial charge in [-0.25, -0.2) is 0 Å². The van der Waals surface area contributed by atoms with Gasteiger partial charge in [0.15, 0.2) is 0 Å². The largest absolute Gasteiger partial charge is 0.457 e. The van der Waals surface area contributed by atoms with E-state index in [9.17, 15) is 0 Å². The Hall–Kier alpha value is -4.50. The fourth-order valence-electron chi connectivity index (χ4n) is 4.75. The molecule has 0 saturated carbocycles. The van der Waals surface area contributed by atoms with Gasteiger partial charge in [0.05, 0.1) is 11.4 Å². The van der Waals surface area contributed by atoms with Gasteiger partial charge in [0.1, 0.15) is 11.5 Å². The third kappa shape index (κ3) is 4.56. The van der Waals surface area contributed by atoms with Crippen molar-refractivity contribution in [3.05, 3.63) is 121 Å². The Morgan fingerprint density at radius 1 is 0.595 bits per heavy atom. The fourth-order valence-corrected chi connectivity index (χ4v) is 4.75. The monoisotopic (exact) mass is 480 g/mol. The Balaban J connectivity index is 1.52. The summed E-state index contributed by atoms with van der Waals surface area (Å²) in [4.78, 5) is 9.36. The van der Waals surface area contributed by atoms with Crippen molar-refractivity contribution in [2.45, 2.75) is 26.2 Å². The van der Waals surface area contributed by atoms with Crippen LogP contribution in [-0.4, -0.2) is 9.97 Å². The van der Waals surface area contributed by atoms with Crippen LogP contribution in [0.1, 0.15) is 26.3 Å². The first-order chi connectivity index (χ1) is 18.0. The van der Waals surface area contributed by atoms with Crippen molar-refractivity contribution in [3.8, 4) is 34.0 Å². The maximum atomic E-state index is 6.71. The molecule has 0 radical (unpaired) electrons. The van der Waals surface area contributed by atoms with Crippen molar-refractivity contribution in [2.24, 2.45) is 0 Å². The highest BCUT2D eigenvalue weighted by atomic mass is 16.5. The van der Waals surface area contributed by atoms with Crippen molar-refractivity contribution in [1.29, 1.82) is 0 Å². The maximum absolute atomic E-state index is 6.71. The lowest BCUT2D eigenvalue weighted by atomic mass is 9.85. The molecule has 0 aliphatic heterocycles. The summed E-state index contributed by atoms with van der Waals surface area (Å²) < 4.78 is 6.71. The molecule has 6 rings (SSSR count). The molecule has 4 aromatic carbocycles. The molecule has 6 aromatic rings. The number of hydrogen-bond acceptors (Lipinski definition) is 3. The van der Waals surface area contributed by atoms with Crippen molar-refractivity contribution < 1.29 is 4.74 Å². The third-order valence-corrected chi connectivity index (χ3v) is 6.73. The molecular weight excluding hydrogens is 452 g/mol. The molecule has 180 valence electrons. The van der Waals surface area contributed by atoms with Crippen LogP contribution in [0, 0.1) is 0 Å². The smallest absolute Gasteiger partial charge is 0.135 e. The van der Waals surface area contributed by atoms with E-state index in [1.807, 2.05) is 36.7 Å². The number of aromatic nitrogens is 2. The van der Waals surface area contributed by atoms with Crippen LogP contribution in [0.4, 0.5) is 0 Å². The van der Waals surface area contributed by atoms with E-state index in [0.717, 1.165) is 50.2 Å². The zero-order valence-corrected chi connectivity index (χ0v) is 21.3. The molecule has 0 aliphatic rings. The molecule has 0 unspecified atom stereocenters. The SMILES string of the molecule is CC(C)(C)c1cc(Oc2cc(-c3ccccn3)cc3ccccc23)cc(-c2nccc3ccccc23)c1. The normalized spacial score (nSPS) is 11.6. The highest BCUT2D eigenvalue weighted by Gasteiger charge is 2.19. The van der Waals surface area contributed by atoms with Gasteiger partial charge < -0.3 is 4.74 Å². The number of hydrogen-bond donors (Lipinski definition) is 0. The van der Waals surface area contributed by atoms with Crippen LogP contribution in [0.2, 0.25) is 0 Å². The van der Waals surface area contributed by atoms with Gasteiger partial charge in [-0.05, 0) is 70.3 Å². The first kappa shape index (κ1) is 22.9. The van der Waals surface area contributed by atoms with E-state index in [1.54, 1.807) is 0 Å². The topological polar surface area (TPSA) is 35.0 Å². The second-order valence-electron chi connectivity index (χ2n) is 10.4. The molecule has 0 amide bonds. The predicted octanol–water partition coefficient (Wildman–Crippen LogP) is 9.21. The minimum atomic E-state index is -0.0589. The molecule has 0 spiro atoms. The van der Waals surface area contributed by atoms with Crippen molar-refractivity contribution in [2.75, 3.05) is 0 Å². The van der Waals surface area contributed by atoms with Crippen molar-refractivity contribution in [3.63, 3.8) is 0 Å². The maximum Gasteiger partial charge on any atom is 0.135 e. The van der Waals surface area contributed by atoms with E-state index in [-0.39, 0.29) is 5.41 Å². The van der Waals surface area contributed by atoms with Gasteiger partial charge in [-0.3, -0.25) is 9.97 Å². The zero-order valence-electron chi connectivity index (χ0n) is 21.3. The summed E-state index contributed by atoms with van der Waals surface area (Å²) in [5.74, 6) is 1.60. The summed E-state index contributed by atoms with van der Waals surface area (Å²) in [5, 5.41) is 4.48. The Bertz CT molecular complexity index is 1730. The van der Waals surface area contributed by atoms with E-state index in [2.05, 4.69) is 105 Å². The average molecular weight is 481 g/mol. The highest BCUT2D eigenvalue weighted by Crippen LogP contribution is 2.39. The van der Waals surface area contributed by atoms with Gasteiger partial charge in [0.25, 0.3) is 0 Å². The molecule has 3 heteroatoms. The van der Waals surface area contributed by atoms with Crippen LogP contribution in [0.3, 0.4) is 0 Å². The van der Waals surface area contributed by atoms with Crippen LogP contribution in [-0.2, 0) is 5.41 Å². The molecule has 2 heterocycles. The van der Waals surface area contributed by atoms with Crippen LogP contribution >= 0.6 is 0 Å². The number of nitrogens with zero attached hydrogens (tertiary/aromatic N) is 2. The fraction of sp³-hybridized carbons (Fsp3) is 0.118. The molecule has 37 heavy (non-hydrogen) atoms. The number of rotatable bonds is 4. The van der Waals surface area contributed by atoms with Gasteiger partial charge in [0.2, 0.25) is 0 Å². The molecule has 0 aliphatic carbocycles. The molecule has 0 fully saturated rings. The molecule has 0 N–H and O–H groups in total. The Kier molecular flexibility index (Phi) is 5.69. The van der Waals surface area contributed by atoms with E-state index >= 15 is 0 Å². The molecule has 3 nitrogen and oxygen atoms in total. The van der Waals surface area contributed by atoms with Crippen molar-refractivity contribution in [1.82, 2.24) is 9.97 Å². The predicted molar refractivity (Wildman–Crippen MR) is 153 cm³/mol. The summed E-state index contributed by atoms with van der Waals surface area (Å²) in [6.45, 7) is 6.68. The highest BCUT2D eigenvalue weighted by molar-refractivity contribution is 5.95.